The molecule has 3 aromatic rings. The van der Waals surface area contributed by atoms with E-state index in [1.807, 2.05) is 0 Å². The van der Waals surface area contributed by atoms with Gasteiger partial charge in [0.15, 0.2) is 5.82 Å². The minimum absolute atomic E-state index is 0.0329. The average molecular weight is 573 g/mol. The van der Waals surface area contributed by atoms with Crippen molar-refractivity contribution in [3.05, 3.63) is 65.7 Å². The lowest BCUT2D eigenvalue weighted by Gasteiger charge is -2.36. The molecule has 0 unspecified atom stereocenters. The smallest absolute Gasteiger partial charge is 0.419 e. The number of anilines is 1. The van der Waals surface area contributed by atoms with E-state index in [0.29, 0.717) is 23.6 Å². The minimum atomic E-state index is -4.50. The fourth-order valence-electron chi connectivity index (χ4n) is 4.79. The zero-order valence-electron chi connectivity index (χ0n) is 23.4. The average Bonchev–Trinajstić information content (AvgIpc) is 3.43. The van der Waals surface area contributed by atoms with E-state index < -0.39 is 23.3 Å². The van der Waals surface area contributed by atoms with Gasteiger partial charge in [0.1, 0.15) is 11.4 Å². The molecule has 0 radical (unpaired) electrons. The number of carbonyl (C=O) groups excluding carboxylic acids is 2. The number of halogens is 3. The Hall–Kier alpha value is -3.96. The highest BCUT2D eigenvalue weighted by Crippen LogP contribution is 2.31. The quantitative estimate of drug-likeness (QED) is 0.339. The van der Waals surface area contributed by atoms with Crippen LogP contribution in [-0.4, -0.2) is 49.8 Å². The Morgan fingerprint density at radius 2 is 1.85 bits per heavy atom. The molecule has 0 aromatic carbocycles. The zero-order chi connectivity index (χ0) is 29.6. The number of nitrogens with zero attached hydrogens (tertiary/aromatic N) is 5. The fourth-order valence-corrected chi connectivity index (χ4v) is 4.79. The predicted octanol–water partition coefficient (Wildman–Crippen LogP) is 5.48. The SMILES string of the molecule is CC(C)(C)OC(=O)CCNC(=O)c1cccnc1N(Cc1cccc(-n2cc(C(F)(F)F)cn2)n1)C1CCCCC1. The van der Waals surface area contributed by atoms with E-state index >= 15 is 0 Å². The highest BCUT2D eigenvalue weighted by molar-refractivity contribution is 5.99. The molecular weight excluding hydrogens is 537 g/mol. The molecule has 12 heteroatoms. The van der Waals surface area contributed by atoms with Crippen molar-refractivity contribution in [2.75, 3.05) is 11.4 Å². The van der Waals surface area contributed by atoms with Crippen molar-refractivity contribution >= 4 is 17.7 Å². The summed E-state index contributed by atoms with van der Waals surface area (Å²) in [4.78, 5) is 36.5. The summed E-state index contributed by atoms with van der Waals surface area (Å²) in [6.07, 6.45) is 3.83. The van der Waals surface area contributed by atoms with Crippen molar-refractivity contribution < 1.29 is 27.5 Å². The molecule has 0 aliphatic heterocycles. The molecule has 0 atom stereocenters. The van der Waals surface area contributed by atoms with Crippen molar-refractivity contribution in [3.8, 4) is 5.82 Å². The Bertz CT molecular complexity index is 1350. The topological polar surface area (TPSA) is 102 Å². The van der Waals surface area contributed by atoms with Crippen LogP contribution in [0.5, 0.6) is 0 Å². The zero-order valence-corrected chi connectivity index (χ0v) is 23.4. The van der Waals surface area contributed by atoms with Crippen molar-refractivity contribution in [3.63, 3.8) is 0 Å². The summed E-state index contributed by atoms with van der Waals surface area (Å²) in [5.74, 6) is -0.0310. The first-order valence-electron chi connectivity index (χ1n) is 13.7. The number of hydrogen-bond acceptors (Lipinski definition) is 7. The summed E-state index contributed by atoms with van der Waals surface area (Å²) < 4.78 is 45.7. The van der Waals surface area contributed by atoms with Crippen LogP contribution in [0.1, 0.15) is 80.9 Å². The summed E-state index contributed by atoms with van der Waals surface area (Å²) in [7, 11) is 0. The summed E-state index contributed by atoms with van der Waals surface area (Å²) >= 11 is 0. The number of hydrogen-bond donors (Lipinski definition) is 1. The van der Waals surface area contributed by atoms with Crippen molar-refractivity contribution in [2.45, 2.75) is 83.7 Å². The summed E-state index contributed by atoms with van der Waals surface area (Å²) in [6, 6.07) is 8.56. The largest absolute Gasteiger partial charge is 0.460 e. The van der Waals surface area contributed by atoms with Gasteiger partial charge in [-0.1, -0.05) is 25.3 Å². The molecular formula is C29H35F3N6O3. The second-order valence-electron chi connectivity index (χ2n) is 11.0. The predicted molar refractivity (Wildman–Crippen MR) is 146 cm³/mol. The van der Waals surface area contributed by atoms with Gasteiger partial charge in [-0.25, -0.2) is 14.6 Å². The van der Waals surface area contributed by atoms with Crippen LogP contribution in [0.25, 0.3) is 5.82 Å². The fraction of sp³-hybridized carbons (Fsp3) is 0.483. The van der Waals surface area contributed by atoms with E-state index in [9.17, 15) is 22.8 Å². The summed E-state index contributed by atoms with van der Waals surface area (Å²) in [6.45, 7) is 5.75. The number of alkyl halides is 3. The molecule has 1 saturated carbocycles. The third-order valence-corrected chi connectivity index (χ3v) is 6.62. The summed E-state index contributed by atoms with van der Waals surface area (Å²) in [5.41, 5.74) is -0.509. The Balaban J connectivity index is 1.56. The molecule has 1 aliphatic rings. The van der Waals surface area contributed by atoms with Gasteiger partial charge in [-0.3, -0.25) is 9.59 Å². The number of carbonyl (C=O) groups is 2. The lowest BCUT2D eigenvalue weighted by Crippen LogP contribution is -2.39. The molecule has 41 heavy (non-hydrogen) atoms. The number of aromatic nitrogens is 4. The maximum atomic E-state index is 13.2. The first-order valence-corrected chi connectivity index (χ1v) is 13.7. The molecule has 1 amide bonds. The van der Waals surface area contributed by atoms with Gasteiger partial charge in [0, 0.05) is 25.0 Å². The van der Waals surface area contributed by atoms with Gasteiger partial charge in [0.25, 0.3) is 5.91 Å². The summed E-state index contributed by atoms with van der Waals surface area (Å²) in [5, 5.41) is 6.64. The molecule has 3 heterocycles. The van der Waals surface area contributed by atoms with Gasteiger partial charge in [0.05, 0.1) is 36.0 Å². The van der Waals surface area contributed by atoms with E-state index in [-0.39, 0.29) is 30.7 Å². The maximum absolute atomic E-state index is 13.2. The number of nitrogens with one attached hydrogen (secondary N) is 1. The molecule has 4 rings (SSSR count). The van der Waals surface area contributed by atoms with Gasteiger partial charge in [-0.05, 0) is 57.9 Å². The number of rotatable bonds is 9. The molecule has 9 nitrogen and oxygen atoms in total. The second kappa shape index (κ2) is 12.7. The van der Waals surface area contributed by atoms with Crippen LogP contribution in [-0.2, 0) is 22.3 Å². The Kier molecular flexibility index (Phi) is 9.29. The molecule has 220 valence electrons. The van der Waals surface area contributed by atoms with Crippen molar-refractivity contribution in [2.24, 2.45) is 0 Å². The maximum Gasteiger partial charge on any atom is 0.419 e. The molecule has 1 aliphatic carbocycles. The van der Waals surface area contributed by atoms with E-state index in [1.165, 1.54) is 0 Å². The first-order chi connectivity index (χ1) is 19.4. The first kappa shape index (κ1) is 30.0. The van der Waals surface area contributed by atoms with Crippen LogP contribution in [0.4, 0.5) is 19.0 Å². The lowest BCUT2D eigenvalue weighted by atomic mass is 9.93. The lowest BCUT2D eigenvalue weighted by molar-refractivity contribution is -0.154. The highest BCUT2D eigenvalue weighted by atomic mass is 19.4. The minimum Gasteiger partial charge on any atom is -0.460 e. The second-order valence-corrected chi connectivity index (χ2v) is 11.0. The van der Waals surface area contributed by atoms with Gasteiger partial charge in [-0.2, -0.15) is 18.3 Å². The van der Waals surface area contributed by atoms with E-state index in [2.05, 4.69) is 25.3 Å². The highest BCUT2D eigenvalue weighted by Gasteiger charge is 2.32. The van der Waals surface area contributed by atoms with Gasteiger partial charge < -0.3 is 15.0 Å². The van der Waals surface area contributed by atoms with E-state index in [4.69, 9.17) is 4.74 Å². The number of pyridine rings is 2. The number of amides is 1. The van der Waals surface area contributed by atoms with Gasteiger partial charge in [0.2, 0.25) is 0 Å². The van der Waals surface area contributed by atoms with Crippen LogP contribution in [0.2, 0.25) is 0 Å². The molecule has 3 aromatic heterocycles. The Morgan fingerprint density at radius 1 is 1.10 bits per heavy atom. The van der Waals surface area contributed by atoms with Crippen LogP contribution in [0, 0.1) is 0 Å². The molecule has 1 fully saturated rings. The molecule has 0 bridgehead atoms. The molecule has 0 spiro atoms. The van der Waals surface area contributed by atoms with Crippen molar-refractivity contribution in [1.82, 2.24) is 25.1 Å². The normalized spacial score (nSPS) is 14.5. The van der Waals surface area contributed by atoms with Gasteiger partial charge >= 0.3 is 12.1 Å². The van der Waals surface area contributed by atoms with Crippen molar-refractivity contribution in [1.29, 1.82) is 0 Å². The van der Waals surface area contributed by atoms with E-state index in [0.717, 1.165) is 49.2 Å². The number of ether oxygens (including phenoxy) is 1. The van der Waals surface area contributed by atoms with Crippen LogP contribution in [0.3, 0.4) is 0 Å². The van der Waals surface area contributed by atoms with Crippen LogP contribution in [0.15, 0.2) is 48.9 Å². The van der Waals surface area contributed by atoms with Crippen LogP contribution >= 0.6 is 0 Å². The molecule has 0 saturated heterocycles. The van der Waals surface area contributed by atoms with Crippen LogP contribution < -0.4 is 10.2 Å². The van der Waals surface area contributed by atoms with Gasteiger partial charge in [-0.15, -0.1) is 0 Å². The third-order valence-electron chi connectivity index (χ3n) is 6.62. The third kappa shape index (κ3) is 8.27. The molecule has 1 N–H and O–H groups in total. The monoisotopic (exact) mass is 572 g/mol. The Morgan fingerprint density at radius 3 is 2.54 bits per heavy atom. The van der Waals surface area contributed by atoms with E-state index in [1.54, 1.807) is 57.3 Å². The Labute approximate surface area is 237 Å². The number of esters is 1. The standard InChI is InChI=1S/C29H35F3N6O3/c1-28(2,3)41-25(39)14-16-34-27(40)23-12-8-15-33-26(23)37(22-10-5-4-6-11-22)19-21-9-7-13-24(36-21)38-18-20(17-35-38)29(30,31)32/h7-9,12-13,15,17-18,22H,4-6,10-11,14,16,19H2,1-3H3,(H,34,40).